The van der Waals surface area contributed by atoms with Crippen molar-refractivity contribution in [2.75, 3.05) is 0 Å². The molecule has 0 bridgehead atoms. The minimum atomic E-state index is -0.386. The van der Waals surface area contributed by atoms with Gasteiger partial charge in [0.2, 0.25) is 5.89 Å². The lowest BCUT2D eigenvalue weighted by atomic mass is 10.2. The minimum Gasteiger partial charge on any atom is -0.508 e. The van der Waals surface area contributed by atoms with E-state index in [0.29, 0.717) is 16.7 Å². The summed E-state index contributed by atoms with van der Waals surface area (Å²) in [5, 5.41) is 9.31. The summed E-state index contributed by atoms with van der Waals surface area (Å²) in [4.78, 5) is 4.14. The van der Waals surface area contributed by atoms with Crippen LogP contribution in [0.1, 0.15) is 0 Å². The standard InChI is InChI=1S/C13H8FNO2/c14-10-4-2-1-3-9(10)13-15-11-7-8(16)5-6-12(11)17-13/h1-7,16H. The molecule has 0 aliphatic carbocycles. The zero-order valence-electron chi connectivity index (χ0n) is 8.72. The molecule has 0 aliphatic heterocycles. The third-order valence-corrected chi connectivity index (χ3v) is 2.48. The molecule has 0 fully saturated rings. The van der Waals surface area contributed by atoms with Gasteiger partial charge in [-0.25, -0.2) is 9.37 Å². The van der Waals surface area contributed by atoms with Crippen molar-refractivity contribution in [3.05, 3.63) is 48.3 Å². The number of hydrogen-bond donors (Lipinski definition) is 1. The molecule has 0 saturated carbocycles. The first-order valence-electron chi connectivity index (χ1n) is 5.08. The fraction of sp³-hybridized carbons (Fsp3) is 0. The van der Waals surface area contributed by atoms with Crippen molar-refractivity contribution in [3.8, 4) is 17.2 Å². The van der Waals surface area contributed by atoms with Crippen molar-refractivity contribution in [1.82, 2.24) is 4.98 Å². The molecule has 1 heterocycles. The van der Waals surface area contributed by atoms with E-state index in [9.17, 15) is 9.50 Å². The maximum atomic E-state index is 13.5. The number of fused-ring (bicyclic) bond motifs is 1. The number of rotatable bonds is 1. The van der Waals surface area contributed by atoms with Crippen LogP contribution in [-0.4, -0.2) is 10.1 Å². The van der Waals surface area contributed by atoms with Crippen LogP contribution in [0.3, 0.4) is 0 Å². The summed E-state index contributed by atoms with van der Waals surface area (Å²) in [6.45, 7) is 0. The monoisotopic (exact) mass is 229 g/mol. The molecule has 0 radical (unpaired) electrons. The predicted octanol–water partition coefficient (Wildman–Crippen LogP) is 3.34. The Balaban J connectivity index is 2.22. The van der Waals surface area contributed by atoms with E-state index < -0.39 is 0 Å². The molecule has 0 amide bonds. The Morgan fingerprint density at radius 2 is 1.94 bits per heavy atom. The number of nitrogens with zero attached hydrogens (tertiary/aromatic N) is 1. The van der Waals surface area contributed by atoms with E-state index in [4.69, 9.17) is 4.42 Å². The number of phenolic OH excluding ortho intramolecular Hbond substituents is 1. The van der Waals surface area contributed by atoms with Gasteiger partial charge in [0.15, 0.2) is 5.58 Å². The normalized spacial score (nSPS) is 10.9. The molecule has 0 atom stereocenters. The largest absolute Gasteiger partial charge is 0.508 e. The van der Waals surface area contributed by atoms with Crippen LogP contribution < -0.4 is 0 Å². The number of phenols is 1. The molecular weight excluding hydrogens is 221 g/mol. The lowest BCUT2D eigenvalue weighted by molar-refractivity contribution is 0.476. The van der Waals surface area contributed by atoms with Gasteiger partial charge < -0.3 is 9.52 Å². The molecule has 0 spiro atoms. The van der Waals surface area contributed by atoms with Crippen LogP contribution >= 0.6 is 0 Å². The SMILES string of the molecule is Oc1ccc2oc(-c3ccccc3F)nc2c1. The van der Waals surface area contributed by atoms with Crippen LogP contribution in [0.4, 0.5) is 4.39 Å². The van der Waals surface area contributed by atoms with E-state index >= 15 is 0 Å². The maximum Gasteiger partial charge on any atom is 0.230 e. The van der Waals surface area contributed by atoms with Gasteiger partial charge in [0.1, 0.15) is 17.1 Å². The van der Waals surface area contributed by atoms with Crippen molar-refractivity contribution < 1.29 is 13.9 Å². The van der Waals surface area contributed by atoms with Gasteiger partial charge in [-0.1, -0.05) is 12.1 Å². The highest BCUT2D eigenvalue weighted by atomic mass is 19.1. The van der Waals surface area contributed by atoms with Gasteiger partial charge in [0.05, 0.1) is 5.56 Å². The highest BCUT2D eigenvalue weighted by molar-refractivity contribution is 5.77. The number of aromatic nitrogens is 1. The summed E-state index contributed by atoms with van der Waals surface area (Å²) < 4.78 is 19.0. The lowest BCUT2D eigenvalue weighted by Crippen LogP contribution is -1.82. The van der Waals surface area contributed by atoms with Gasteiger partial charge in [-0.15, -0.1) is 0 Å². The first-order valence-corrected chi connectivity index (χ1v) is 5.08. The van der Waals surface area contributed by atoms with Crippen LogP contribution in [-0.2, 0) is 0 Å². The van der Waals surface area contributed by atoms with E-state index in [1.54, 1.807) is 24.3 Å². The second-order valence-corrected chi connectivity index (χ2v) is 3.65. The molecule has 0 unspecified atom stereocenters. The first kappa shape index (κ1) is 9.84. The van der Waals surface area contributed by atoms with Crippen molar-refractivity contribution in [2.45, 2.75) is 0 Å². The molecular formula is C13H8FNO2. The van der Waals surface area contributed by atoms with Gasteiger partial charge in [-0.05, 0) is 24.3 Å². The Labute approximate surface area is 96.1 Å². The topological polar surface area (TPSA) is 46.3 Å². The number of oxazole rings is 1. The molecule has 0 saturated heterocycles. The van der Waals surface area contributed by atoms with Crippen LogP contribution in [0.15, 0.2) is 46.9 Å². The summed E-state index contributed by atoms with van der Waals surface area (Å²) in [5.41, 5.74) is 1.33. The average molecular weight is 229 g/mol. The van der Waals surface area contributed by atoms with Crippen LogP contribution in [0, 0.1) is 5.82 Å². The number of hydrogen-bond acceptors (Lipinski definition) is 3. The first-order chi connectivity index (χ1) is 8.24. The summed E-state index contributed by atoms with van der Waals surface area (Å²) in [6.07, 6.45) is 0. The lowest BCUT2D eigenvalue weighted by Gasteiger charge is -1.95. The zero-order chi connectivity index (χ0) is 11.8. The number of aromatic hydroxyl groups is 1. The fourth-order valence-electron chi connectivity index (χ4n) is 1.67. The van der Waals surface area contributed by atoms with Crippen molar-refractivity contribution in [2.24, 2.45) is 0 Å². The molecule has 84 valence electrons. The van der Waals surface area contributed by atoms with E-state index in [2.05, 4.69) is 4.98 Å². The minimum absolute atomic E-state index is 0.103. The quantitative estimate of drug-likeness (QED) is 0.696. The van der Waals surface area contributed by atoms with Crippen LogP contribution in [0.25, 0.3) is 22.6 Å². The molecule has 1 aromatic heterocycles. The van der Waals surface area contributed by atoms with Gasteiger partial charge in [-0.3, -0.25) is 0 Å². The van der Waals surface area contributed by atoms with Crippen molar-refractivity contribution in [1.29, 1.82) is 0 Å². The highest BCUT2D eigenvalue weighted by Crippen LogP contribution is 2.27. The Morgan fingerprint density at radius 1 is 1.12 bits per heavy atom. The van der Waals surface area contributed by atoms with Crippen molar-refractivity contribution in [3.63, 3.8) is 0 Å². The molecule has 3 nitrogen and oxygen atoms in total. The Hall–Kier alpha value is -2.36. The smallest absolute Gasteiger partial charge is 0.230 e. The Bertz CT molecular complexity index is 691. The van der Waals surface area contributed by atoms with E-state index in [0.717, 1.165) is 0 Å². The Morgan fingerprint density at radius 3 is 2.76 bits per heavy atom. The molecule has 4 heteroatoms. The second-order valence-electron chi connectivity index (χ2n) is 3.65. The van der Waals surface area contributed by atoms with E-state index in [1.807, 2.05) is 0 Å². The highest BCUT2D eigenvalue weighted by Gasteiger charge is 2.11. The summed E-state index contributed by atoms with van der Waals surface area (Å²) in [6, 6.07) is 10.8. The molecule has 2 aromatic carbocycles. The van der Waals surface area contributed by atoms with Crippen LogP contribution in [0.5, 0.6) is 5.75 Å². The van der Waals surface area contributed by atoms with E-state index in [-0.39, 0.29) is 17.5 Å². The van der Waals surface area contributed by atoms with E-state index in [1.165, 1.54) is 18.2 Å². The predicted molar refractivity (Wildman–Crippen MR) is 61.1 cm³/mol. The molecule has 17 heavy (non-hydrogen) atoms. The van der Waals surface area contributed by atoms with Gasteiger partial charge in [0.25, 0.3) is 0 Å². The third-order valence-electron chi connectivity index (χ3n) is 2.48. The molecule has 3 rings (SSSR count). The van der Waals surface area contributed by atoms with Crippen LogP contribution in [0.2, 0.25) is 0 Å². The molecule has 0 aliphatic rings. The maximum absolute atomic E-state index is 13.5. The second kappa shape index (κ2) is 3.59. The zero-order valence-corrected chi connectivity index (χ0v) is 8.72. The Kier molecular flexibility index (Phi) is 2.08. The number of benzene rings is 2. The number of halogens is 1. The fourth-order valence-corrected chi connectivity index (χ4v) is 1.67. The average Bonchev–Trinajstić information content (AvgIpc) is 2.72. The molecule has 3 aromatic rings. The summed E-state index contributed by atoms with van der Waals surface area (Å²) >= 11 is 0. The summed E-state index contributed by atoms with van der Waals surface area (Å²) in [7, 11) is 0. The van der Waals surface area contributed by atoms with Crippen molar-refractivity contribution >= 4 is 11.1 Å². The van der Waals surface area contributed by atoms with Gasteiger partial charge in [-0.2, -0.15) is 0 Å². The summed E-state index contributed by atoms with van der Waals surface area (Å²) in [5.74, 6) is -0.0714. The third kappa shape index (κ3) is 1.63. The molecule has 1 N–H and O–H groups in total. The van der Waals surface area contributed by atoms with Gasteiger partial charge in [0, 0.05) is 6.07 Å². The van der Waals surface area contributed by atoms with Gasteiger partial charge >= 0.3 is 0 Å².